The summed E-state index contributed by atoms with van der Waals surface area (Å²) < 4.78 is 0. The van der Waals surface area contributed by atoms with Crippen LogP contribution in [0.5, 0.6) is 0 Å². The molecule has 1 unspecified atom stereocenters. The molecule has 2 heteroatoms. The van der Waals surface area contributed by atoms with Crippen LogP contribution in [0.4, 0.5) is 5.69 Å². The van der Waals surface area contributed by atoms with Crippen molar-refractivity contribution in [1.82, 2.24) is 5.32 Å². The number of para-hydroxylation sites is 1. The number of hydrogen-bond acceptors (Lipinski definition) is 2. The van der Waals surface area contributed by atoms with Gasteiger partial charge in [-0.2, -0.15) is 0 Å². The van der Waals surface area contributed by atoms with Crippen LogP contribution in [0.15, 0.2) is 24.3 Å². The molecule has 2 rings (SSSR count). The Hall–Kier alpha value is -1.02. The van der Waals surface area contributed by atoms with E-state index in [1.165, 1.54) is 30.8 Å². The minimum atomic E-state index is 0.606. The Kier molecular flexibility index (Phi) is 4.06. The summed E-state index contributed by atoms with van der Waals surface area (Å²) in [5, 5.41) is 3.29. The standard InChI is InChI=1S/C15H24N2/c1-12(2)14-6-4-5-7-15(14)17-9-8-13(11-17)10-16-3/h4-7,12-13,16H,8-11H2,1-3H3. The van der Waals surface area contributed by atoms with Gasteiger partial charge in [0.05, 0.1) is 0 Å². The quantitative estimate of drug-likeness (QED) is 0.858. The summed E-state index contributed by atoms with van der Waals surface area (Å²) in [6.45, 7) is 8.10. The Morgan fingerprint density at radius 2 is 2.12 bits per heavy atom. The highest BCUT2D eigenvalue weighted by atomic mass is 15.2. The lowest BCUT2D eigenvalue weighted by atomic mass is 10.0. The van der Waals surface area contributed by atoms with Crippen LogP contribution in [0, 0.1) is 5.92 Å². The van der Waals surface area contributed by atoms with Crippen molar-refractivity contribution in [2.75, 3.05) is 31.6 Å². The van der Waals surface area contributed by atoms with Gasteiger partial charge in [0.1, 0.15) is 0 Å². The van der Waals surface area contributed by atoms with E-state index >= 15 is 0 Å². The average molecular weight is 232 g/mol. The maximum Gasteiger partial charge on any atom is 0.0401 e. The fourth-order valence-corrected chi connectivity index (χ4v) is 2.77. The molecule has 1 atom stereocenters. The second-order valence-corrected chi connectivity index (χ2v) is 5.37. The van der Waals surface area contributed by atoms with Crippen LogP contribution in [-0.2, 0) is 0 Å². The van der Waals surface area contributed by atoms with Crippen LogP contribution in [0.1, 0.15) is 31.7 Å². The number of benzene rings is 1. The number of nitrogens with zero attached hydrogens (tertiary/aromatic N) is 1. The molecular weight excluding hydrogens is 208 g/mol. The largest absolute Gasteiger partial charge is 0.371 e. The fraction of sp³-hybridized carbons (Fsp3) is 0.600. The van der Waals surface area contributed by atoms with Crippen molar-refractivity contribution >= 4 is 5.69 Å². The minimum absolute atomic E-state index is 0.606. The molecule has 0 aliphatic carbocycles. The summed E-state index contributed by atoms with van der Waals surface area (Å²) in [5.74, 6) is 1.41. The van der Waals surface area contributed by atoms with Crippen molar-refractivity contribution in [3.8, 4) is 0 Å². The molecule has 1 fully saturated rings. The molecule has 1 heterocycles. The van der Waals surface area contributed by atoms with Crippen molar-refractivity contribution in [3.63, 3.8) is 0 Å². The smallest absolute Gasteiger partial charge is 0.0401 e. The van der Waals surface area contributed by atoms with Crippen LogP contribution in [-0.4, -0.2) is 26.7 Å². The lowest BCUT2D eigenvalue weighted by Crippen LogP contribution is -2.25. The summed E-state index contributed by atoms with van der Waals surface area (Å²) in [5.41, 5.74) is 2.93. The third-order valence-electron chi connectivity index (χ3n) is 3.68. The van der Waals surface area contributed by atoms with E-state index in [0.29, 0.717) is 5.92 Å². The molecule has 2 nitrogen and oxygen atoms in total. The van der Waals surface area contributed by atoms with E-state index in [1.54, 1.807) is 0 Å². The van der Waals surface area contributed by atoms with Crippen molar-refractivity contribution < 1.29 is 0 Å². The van der Waals surface area contributed by atoms with E-state index in [4.69, 9.17) is 0 Å². The van der Waals surface area contributed by atoms with Gasteiger partial charge in [-0.25, -0.2) is 0 Å². The van der Waals surface area contributed by atoms with Gasteiger partial charge >= 0.3 is 0 Å². The second kappa shape index (κ2) is 5.54. The molecule has 0 amide bonds. The lowest BCUT2D eigenvalue weighted by Gasteiger charge is -2.23. The highest BCUT2D eigenvalue weighted by molar-refractivity contribution is 5.55. The summed E-state index contributed by atoms with van der Waals surface area (Å²) in [6.07, 6.45) is 1.31. The monoisotopic (exact) mass is 232 g/mol. The Balaban J connectivity index is 2.13. The maximum atomic E-state index is 3.29. The predicted molar refractivity (Wildman–Crippen MR) is 74.8 cm³/mol. The Morgan fingerprint density at radius 1 is 1.35 bits per heavy atom. The molecule has 17 heavy (non-hydrogen) atoms. The first-order chi connectivity index (χ1) is 8.22. The van der Waals surface area contributed by atoms with E-state index in [0.717, 1.165) is 12.5 Å². The van der Waals surface area contributed by atoms with Gasteiger partial charge in [0.15, 0.2) is 0 Å². The van der Waals surface area contributed by atoms with Gasteiger partial charge in [0.25, 0.3) is 0 Å². The predicted octanol–water partition coefficient (Wildman–Crippen LogP) is 2.86. The molecule has 94 valence electrons. The van der Waals surface area contributed by atoms with Gasteiger partial charge in [0, 0.05) is 18.8 Å². The summed E-state index contributed by atoms with van der Waals surface area (Å²) in [6, 6.07) is 8.86. The van der Waals surface area contributed by atoms with Crippen LogP contribution < -0.4 is 10.2 Å². The molecule has 1 N–H and O–H groups in total. The summed E-state index contributed by atoms with van der Waals surface area (Å²) >= 11 is 0. The molecule has 0 saturated carbocycles. The van der Waals surface area contributed by atoms with Gasteiger partial charge in [0.2, 0.25) is 0 Å². The van der Waals surface area contributed by atoms with Gasteiger partial charge in [-0.1, -0.05) is 32.0 Å². The molecule has 0 spiro atoms. The highest BCUT2D eigenvalue weighted by Gasteiger charge is 2.23. The van der Waals surface area contributed by atoms with Crippen molar-refractivity contribution in [2.24, 2.45) is 5.92 Å². The van der Waals surface area contributed by atoms with Crippen molar-refractivity contribution in [1.29, 1.82) is 0 Å². The third kappa shape index (κ3) is 2.81. The van der Waals surface area contributed by atoms with Gasteiger partial charge in [-0.3, -0.25) is 0 Å². The summed E-state index contributed by atoms with van der Waals surface area (Å²) in [7, 11) is 2.05. The zero-order chi connectivity index (χ0) is 12.3. The van der Waals surface area contributed by atoms with E-state index in [-0.39, 0.29) is 0 Å². The molecule has 1 aliphatic heterocycles. The molecule has 1 saturated heterocycles. The zero-order valence-electron chi connectivity index (χ0n) is 11.2. The molecular formula is C15H24N2. The average Bonchev–Trinajstić information content (AvgIpc) is 2.78. The normalized spacial score (nSPS) is 20.2. The molecule has 1 aliphatic rings. The van der Waals surface area contributed by atoms with E-state index in [9.17, 15) is 0 Å². The van der Waals surface area contributed by atoms with E-state index < -0.39 is 0 Å². The number of hydrogen-bond donors (Lipinski definition) is 1. The first-order valence-corrected chi connectivity index (χ1v) is 6.71. The van der Waals surface area contributed by atoms with Crippen molar-refractivity contribution in [2.45, 2.75) is 26.2 Å². The van der Waals surface area contributed by atoms with Gasteiger partial charge in [-0.05, 0) is 43.5 Å². The van der Waals surface area contributed by atoms with Gasteiger partial charge < -0.3 is 10.2 Å². The third-order valence-corrected chi connectivity index (χ3v) is 3.68. The molecule has 1 aromatic rings. The lowest BCUT2D eigenvalue weighted by molar-refractivity contribution is 0.549. The van der Waals surface area contributed by atoms with E-state index in [2.05, 4.69) is 48.3 Å². The molecule has 1 aromatic carbocycles. The maximum absolute atomic E-state index is 3.29. The number of nitrogens with one attached hydrogen (secondary N) is 1. The number of anilines is 1. The van der Waals surface area contributed by atoms with Crippen LogP contribution >= 0.6 is 0 Å². The Morgan fingerprint density at radius 3 is 2.82 bits per heavy atom. The first-order valence-electron chi connectivity index (χ1n) is 6.71. The van der Waals surface area contributed by atoms with Crippen LogP contribution in [0.25, 0.3) is 0 Å². The van der Waals surface area contributed by atoms with E-state index in [1.807, 2.05) is 7.05 Å². The number of rotatable bonds is 4. The fourth-order valence-electron chi connectivity index (χ4n) is 2.77. The SMILES string of the molecule is CNCC1CCN(c2ccccc2C(C)C)C1. The zero-order valence-corrected chi connectivity index (χ0v) is 11.2. The second-order valence-electron chi connectivity index (χ2n) is 5.37. The molecule has 0 aromatic heterocycles. The first kappa shape index (κ1) is 12.4. The Labute approximate surface area is 105 Å². The van der Waals surface area contributed by atoms with Crippen LogP contribution in [0.3, 0.4) is 0 Å². The molecule has 0 bridgehead atoms. The summed E-state index contributed by atoms with van der Waals surface area (Å²) in [4.78, 5) is 2.55. The van der Waals surface area contributed by atoms with Crippen molar-refractivity contribution in [3.05, 3.63) is 29.8 Å². The van der Waals surface area contributed by atoms with Gasteiger partial charge in [-0.15, -0.1) is 0 Å². The van der Waals surface area contributed by atoms with Crippen LogP contribution in [0.2, 0.25) is 0 Å². The highest BCUT2D eigenvalue weighted by Crippen LogP contribution is 2.31. The molecule has 0 radical (unpaired) electrons. The topological polar surface area (TPSA) is 15.3 Å². The minimum Gasteiger partial charge on any atom is -0.371 e. The Bertz CT molecular complexity index is 360.